The summed E-state index contributed by atoms with van der Waals surface area (Å²) in [6.07, 6.45) is 2.12. The zero-order chi connectivity index (χ0) is 32.7. The standard InChI is InChI=1S/C37H44N4O4S/c1-37(2,3)38-26-28-17-15-27(16-18-28)23-33(36(43)40-21-9-10-22-40)39-35(42)25-34(30-12-5-4-6-13-30)41(46(44)45)32-20-19-29-11-7-8-14-31(29)24-32/h4-8,11-20,24,33-34,38H,9-10,21-23,25-26H2,1-3H3,(H,39,42)(H,44,45). The van der Waals surface area contributed by atoms with Crippen LogP contribution in [-0.2, 0) is 33.8 Å². The molecule has 4 aromatic carbocycles. The molecule has 1 aliphatic heterocycles. The predicted molar refractivity (Wildman–Crippen MR) is 185 cm³/mol. The Bertz CT molecular complexity index is 1650. The van der Waals surface area contributed by atoms with Crippen molar-refractivity contribution in [2.75, 3.05) is 17.4 Å². The van der Waals surface area contributed by atoms with Gasteiger partial charge in [-0.3, -0.25) is 18.4 Å². The number of amides is 2. The van der Waals surface area contributed by atoms with Gasteiger partial charge in [-0.15, -0.1) is 0 Å². The zero-order valence-corrected chi connectivity index (χ0v) is 27.6. The lowest BCUT2D eigenvalue weighted by atomic mass is 10.00. The Labute approximate surface area is 274 Å². The van der Waals surface area contributed by atoms with Gasteiger partial charge in [0.15, 0.2) is 0 Å². The van der Waals surface area contributed by atoms with E-state index in [1.165, 1.54) is 4.31 Å². The van der Waals surface area contributed by atoms with E-state index in [1.54, 1.807) is 6.07 Å². The van der Waals surface area contributed by atoms with Gasteiger partial charge < -0.3 is 15.5 Å². The lowest BCUT2D eigenvalue weighted by Gasteiger charge is -2.31. The van der Waals surface area contributed by atoms with Crippen molar-refractivity contribution >= 4 is 39.5 Å². The second-order valence-corrected chi connectivity index (χ2v) is 13.9. The van der Waals surface area contributed by atoms with Crippen LogP contribution in [0.2, 0.25) is 0 Å². The molecule has 0 aliphatic carbocycles. The Balaban J connectivity index is 1.39. The molecule has 9 heteroatoms. The number of nitrogens with zero attached hydrogens (tertiary/aromatic N) is 2. The number of fused-ring (bicyclic) bond motifs is 1. The van der Waals surface area contributed by atoms with Crippen LogP contribution in [0.4, 0.5) is 5.69 Å². The Morgan fingerprint density at radius 1 is 0.870 bits per heavy atom. The van der Waals surface area contributed by atoms with Crippen molar-refractivity contribution < 1.29 is 18.4 Å². The van der Waals surface area contributed by atoms with Crippen molar-refractivity contribution in [2.24, 2.45) is 0 Å². The molecule has 0 radical (unpaired) electrons. The molecule has 1 saturated heterocycles. The molecule has 3 atom stereocenters. The molecule has 5 rings (SSSR count). The largest absolute Gasteiger partial charge is 0.344 e. The van der Waals surface area contributed by atoms with Gasteiger partial charge in [0.05, 0.1) is 18.2 Å². The number of anilines is 1. The van der Waals surface area contributed by atoms with E-state index >= 15 is 0 Å². The summed E-state index contributed by atoms with van der Waals surface area (Å²) in [6, 6.07) is 29.2. The predicted octanol–water partition coefficient (Wildman–Crippen LogP) is 6.15. The summed E-state index contributed by atoms with van der Waals surface area (Å²) < 4.78 is 24.9. The number of likely N-dealkylation sites (tertiary alicyclic amines) is 1. The van der Waals surface area contributed by atoms with E-state index in [1.807, 2.05) is 83.8 Å². The van der Waals surface area contributed by atoms with Gasteiger partial charge >= 0.3 is 0 Å². The molecule has 0 spiro atoms. The van der Waals surface area contributed by atoms with Gasteiger partial charge in [0, 0.05) is 31.6 Å². The van der Waals surface area contributed by atoms with Crippen molar-refractivity contribution in [1.29, 1.82) is 0 Å². The molecule has 46 heavy (non-hydrogen) atoms. The van der Waals surface area contributed by atoms with Crippen molar-refractivity contribution in [2.45, 2.75) is 70.6 Å². The first-order valence-corrected chi connectivity index (χ1v) is 17.0. The number of hydrogen-bond donors (Lipinski definition) is 3. The summed E-state index contributed by atoms with van der Waals surface area (Å²) >= 11 is -2.44. The molecule has 1 aliphatic rings. The van der Waals surface area contributed by atoms with E-state index < -0.39 is 23.4 Å². The normalized spacial score (nSPS) is 15.3. The second-order valence-electron chi connectivity index (χ2n) is 13.0. The Morgan fingerprint density at radius 3 is 2.15 bits per heavy atom. The monoisotopic (exact) mass is 640 g/mol. The fraction of sp³-hybridized carbons (Fsp3) is 0.351. The number of rotatable bonds is 12. The number of nitrogens with one attached hydrogen (secondary N) is 2. The topological polar surface area (TPSA) is 102 Å². The maximum absolute atomic E-state index is 13.9. The van der Waals surface area contributed by atoms with E-state index in [0.29, 0.717) is 25.2 Å². The lowest BCUT2D eigenvalue weighted by molar-refractivity contribution is -0.135. The Kier molecular flexibility index (Phi) is 10.9. The molecule has 4 aromatic rings. The number of carbonyl (C=O) groups is 2. The third kappa shape index (κ3) is 8.81. The summed E-state index contributed by atoms with van der Waals surface area (Å²) in [5, 5.41) is 8.44. The smallest absolute Gasteiger partial charge is 0.262 e. The van der Waals surface area contributed by atoms with Crippen LogP contribution in [0.1, 0.15) is 62.8 Å². The van der Waals surface area contributed by atoms with Crippen molar-refractivity contribution in [3.63, 3.8) is 0 Å². The number of benzene rings is 4. The molecule has 242 valence electrons. The van der Waals surface area contributed by atoms with Crippen LogP contribution in [0, 0.1) is 0 Å². The molecule has 2 amide bonds. The van der Waals surface area contributed by atoms with Crippen molar-refractivity contribution in [3.05, 3.63) is 114 Å². The molecule has 0 saturated carbocycles. The van der Waals surface area contributed by atoms with E-state index in [0.717, 1.165) is 46.8 Å². The highest BCUT2D eigenvalue weighted by Crippen LogP contribution is 2.33. The maximum atomic E-state index is 13.9. The molecule has 1 fully saturated rings. The highest BCUT2D eigenvalue weighted by molar-refractivity contribution is 7.80. The maximum Gasteiger partial charge on any atom is 0.262 e. The minimum atomic E-state index is -2.44. The molecule has 3 unspecified atom stereocenters. The molecular weight excluding hydrogens is 596 g/mol. The zero-order valence-electron chi connectivity index (χ0n) is 26.8. The minimum absolute atomic E-state index is 0.000311. The molecule has 1 heterocycles. The van der Waals surface area contributed by atoms with Gasteiger partial charge in [0.1, 0.15) is 6.04 Å². The van der Waals surface area contributed by atoms with Crippen LogP contribution in [0.5, 0.6) is 0 Å². The average Bonchev–Trinajstić information content (AvgIpc) is 3.59. The first kappa shape index (κ1) is 33.3. The fourth-order valence-corrected chi connectivity index (χ4v) is 6.59. The van der Waals surface area contributed by atoms with Crippen LogP contribution in [0.25, 0.3) is 10.8 Å². The van der Waals surface area contributed by atoms with E-state index in [9.17, 15) is 18.4 Å². The number of carbonyl (C=O) groups excluding carboxylic acids is 2. The van der Waals surface area contributed by atoms with Crippen LogP contribution in [0.15, 0.2) is 97.1 Å². The summed E-state index contributed by atoms with van der Waals surface area (Å²) in [5.74, 6) is -0.466. The van der Waals surface area contributed by atoms with Gasteiger partial charge in [-0.25, -0.2) is 4.21 Å². The Morgan fingerprint density at radius 2 is 1.50 bits per heavy atom. The van der Waals surface area contributed by atoms with E-state index in [-0.39, 0.29) is 23.8 Å². The first-order chi connectivity index (χ1) is 22.1. The van der Waals surface area contributed by atoms with Crippen molar-refractivity contribution in [1.82, 2.24) is 15.5 Å². The highest BCUT2D eigenvalue weighted by atomic mass is 32.2. The summed E-state index contributed by atoms with van der Waals surface area (Å²) in [7, 11) is 0. The third-order valence-electron chi connectivity index (χ3n) is 8.34. The number of hydrogen-bond acceptors (Lipinski definition) is 4. The van der Waals surface area contributed by atoms with E-state index in [4.69, 9.17) is 0 Å². The van der Waals surface area contributed by atoms with Gasteiger partial charge in [-0.2, -0.15) is 0 Å². The quantitative estimate of drug-likeness (QED) is 0.161. The van der Waals surface area contributed by atoms with Crippen LogP contribution in [0.3, 0.4) is 0 Å². The van der Waals surface area contributed by atoms with Crippen LogP contribution in [-0.4, -0.2) is 50.1 Å². The average molecular weight is 641 g/mol. The third-order valence-corrected chi connectivity index (χ3v) is 9.14. The summed E-state index contributed by atoms with van der Waals surface area (Å²) in [6.45, 7) is 8.46. The van der Waals surface area contributed by atoms with Crippen LogP contribution >= 0.6 is 0 Å². The fourth-order valence-electron chi connectivity index (χ4n) is 5.89. The van der Waals surface area contributed by atoms with Gasteiger partial charge in [-0.05, 0) is 73.2 Å². The lowest BCUT2D eigenvalue weighted by Crippen LogP contribution is -2.49. The molecule has 0 aromatic heterocycles. The summed E-state index contributed by atoms with van der Waals surface area (Å²) in [4.78, 5) is 29.4. The van der Waals surface area contributed by atoms with E-state index in [2.05, 4.69) is 43.5 Å². The van der Waals surface area contributed by atoms with Gasteiger partial charge in [0.25, 0.3) is 11.3 Å². The Hall–Kier alpha value is -4.05. The van der Waals surface area contributed by atoms with Gasteiger partial charge in [0.2, 0.25) is 11.8 Å². The van der Waals surface area contributed by atoms with Crippen LogP contribution < -0.4 is 14.9 Å². The SMILES string of the molecule is CC(C)(C)NCc1ccc(CC(NC(=O)CC(c2ccccc2)N(c2ccc3ccccc3c2)S(=O)O)C(=O)N2CCCC2)cc1. The minimum Gasteiger partial charge on any atom is -0.344 e. The van der Waals surface area contributed by atoms with Crippen molar-refractivity contribution in [3.8, 4) is 0 Å². The molecular formula is C37H44N4O4S. The molecule has 8 nitrogen and oxygen atoms in total. The molecule has 0 bridgehead atoms. The second kappa shape index (κ2) is 15.0. The molecule has 3 N–H and O–H groups in total. The summed E-state index contributed by atoms with van der Waals surface area (Å²) in [5.41, 5.74) is 3.33. The highest BCUT2D eigenvalue weighted by Gasteiger charge is 2.32. The van der Waals surface area contributed by atoms with Gasteiger partial charge in [-0.1, -0.05) is 84.9 Å². The first-order valence-electron chi connectivity index (χ1n) is 15.9.